The topological polar surface area (TPSA) is 9.23 Å². The maximum absolute atomic E-state index is 6.17. The SMILES string of the molecule is CCCOc1ccc(C(C)(C)c2ccccc2)cc1C(C)(C)c1ccccc1. The lowest BCUT2D eigenvalue weighted by atomic mass is 9.73. The largest absolute Gasteiger partial charge is 0.493 e. The average molecular weight is 373 g/mol. The van der Waals surface area contributed by atoms with Crippen LogP contribution in [0.5, 0.6) is 5.75 Å². The molecule has 0 aliphatic heterocycles. The van der Waals surface area contributed by atoms with Gasteiger partial charge in [0.25, 0.3) is 0 Å². The minimum absolute atomic E-state index is 0.0773. The molecule has 0 saturated carbocycles. The number of hydrogen-bond donors (Lipinski definition) is 0. The average Bonchev–Trinajstić information content (AvgIpc) is 2.73. The summed E-state index contributed by atoms with van der Waals surface area (Å²) in [6.07, 6.45) is 1.00. The summed E-state index contributed by atoms with van der Waals surface area (Å²) in [6.45, 7) is 12.0. The zero-order chi connectivity index (χ0) is 20.2. The second-order valence-corrected chi connectivity index (χ2v) is 8.54. The van der Waals surface area contributed by atoms with Crippen LogP contribution in [-0.2, 0) is 10.8 Å². The third-order valence-electron chi connectivity index (χ3n) is 5.83. The van der Waals surface area contributed by atoms with Crippen molar-refractivity contribution < 1.29 is 4.74 Å². The number of ether oxygens (including phenoxy) is 1. The Kier molecular flexibility index (Phi) is 5.93. The van der Waals surface area contributed by atoms with Crippen molar-refractivity contribution in [2.45, 2.75) is 51.9 Å². The molecular weight excluding hydrogens is 340 g/mol. The van der Waals surface area contributed by atoms with Gasteiger partial charge < -0.3 is 4.74 Å². The minimum atomic E-state index is -0.146. The van der Waals surface area contributed by atoms with Crippen molar-refractivity contribution in [2.75, 3.05) is 6.61 Å². The van der Waals surface area contributed by atoms with Crippen LogP contribution < -0.4 is 4.74 Å². The van der Waals surface area contributed by atoms with Crippen LogP contribution in [0.2, 0.25) is 0 Å². The normalized spacial score (nSPS) is 12.0. The van der Waals surface area contributed by atoms with E-state index in [0.29, 0.717) is 0 Å². The molecule has 0 unspecified atom stereocenters. The molecule has 0 atom stereocenters. The zero-order valence-corrected chi connectivity index (χ0v) is 17.8. The Labute approximate surface area is 170 Å². The van der Waals surface area contributed by atoms with E-state index in [9.17, 15) is 0 Å². The molecule has 0 amide bonds. The lowest BCUT2D eigenvalue weighted by molar-refractivity contribution is 0.309. The smallest absolute Gasteiger partial charge is 0.123 e. The summed E-state index contributed by atoms with van der Waals surface area (Å²) in [5, 5.41) is 0. The second kappa shape index (κ2) is 8.22. The van der Waals surface area contributed by atoms with Gasteiger partial charge in [0.1, 0.15) is 5.75 Å². The van der Waals surface area contributed by atoms with Gasteiger partial charge in [0, 0.05) is 16.4 Å². The summed E-state index contributed by atoms with van der Waals surface area (Å²) in [4.78, 5) is 0. The first kappa shape index (κ1) is 20.2. The zero-order valence-electron chi connectivity index (χ0n) is 17.8. The van der Waals surface area contributed by atoms with E-state index in [2.05, 4.69) is 113 Å². The Balaban J connectivity index is 2.12. The number of hydrogen-bond acceptors (Lipinski definition) is 1. The molecule has 0 aromatic heterocycles. The van der Waals surface area contributed by atoms with Gasteiger partial charge >= 0.3 is 0 Å². The predicted molar refractivity (Wildman–Crippen MR) is 119 cm³/mol. The van der Waals surface area contributed by atoms with Crippen molar-refractivity contribution in [3.05, 3.63) is 101 Å². The van der Waals surface area contributed by atoms with Crippen LogP contribution in [0.4, 0.5) is 0 Å². The highest BCUT2D eigenvalue weighted by atomic mass is 16.5. The van der Waals surface area contributed by atoms with Crippen LogP contribution in [0.25, 0.3) is 0 Å². The highest BCUT2D eigenvalue weighted by Crippen LogP contribution is 2.41. The maximum Gasteiger partial charge on any atom is 0.123 e. The third-order valence-corrected chi connectivity index (χ3v) is 5.83. The first-order valence-corrected chi connectivity index (χ1v) is 10.3. The van der Waals surface area contributed by atoms with Crippen LogP contribution in [0.3, 0.4) is 0 Å². The molecular formula is C27H32O. The lowest BCUT2D eigenvalue weighted by Gasteiger charge is -2.32. The van der Waals surface area contributed by atoms with E-state index in [-0.39, 0.29) is 10.8 Å². The number of benzene rings is 3. The van der Waals surface area contributed by atoms with Crippen molar-refractivity contribution >= 4 is 0 Å². The fourth-order valence-corrected chi connectivity index (χ4v) is 3.78. The van der Waals surface area contributed by atoms with Gasteiger partial charge in [-0.05, 0) is 29.2 Å². The minimum Gasteiger partial charge on any atom is -0.493 e. The molecule has 3 aromatic carbocycles. The summed E-state index contributed by atoms with van der Waals surface area (Å²) >= 11 is 0. The van der Waals surface area contributed by atoms with Crippen molar-refractivity contribution in [3.8, 4) is 5.75 Å². The molecule has 0 aliphatic rings. The van der Waals surface area contributed by atoms with E-state index in [1.54, 1.807) is 0 Å². The number of rotatable bonds is 7. The summed E-state index contributed by atoms with van der Waals surface area (Å²) in [7, 11) is 0. The van der Waals surface area contributed by atoms with E-state index >= 15 is 0 Å². The predicted octanol–water partition coefficient (Wildman–Crippen LogP) is 7.13. The molecule has 0 spiro atoms. The molecule has 3 aromatic rings. The van der Waals surface area contributed by atoms with Crippen LogP contribution >= 0.6 is 0 Å². The summed E-state index contributed by atoms with van der Waals surface area (Å²) in [6, 6.07) is 28.2. The van der Waals surface area contributed by atoms with Gasteiger partial charge in [0.2, 0.25) is 0 Å². The van der Waals surface area contributed by atoms with Gasteiger partial charge in [-0.2, -0.15) is 0 Å². The maximum atomic E-state index is 6.17. The van der Waals surface area contributed by atoms with Crippen LogP contribution in [0, 0.1) is 0 Å². The van der Waals surface area contributed by atoms with Gasteiger partial charge in [-0.3, -0.25) is 0 Å². The highest BCUT2D eigenvalue weighted by Gasteiger charge is 2.30. The second-order valence-electron chi connectivity index (χ2n) is 8.54. The van der Waals surface area contributed by atoms with E-state index in [1.807, 2.05) is 0 Å². The molecule has 0 N–H and O–H groups in total. The van der Waals surface area contributed by atoms with Crippen molar-refractivity contribution in [3.63, 3.8) is 0 Å². The third kappa shape index (κ3) is 3.99. The quantitative estimate of drug-likeness (QED) is 0.429. The van der Waals surface area contributed by atoms with Crippen LogP contribution in [0.15, 0.2) is 78.9 Å². The lowest BCUT2D eigenvalue weighted by Crippen LogP contribution is -2.24. The Morgan fingerprint density at radius 2 is 1.18 bits per heavy atom. The Hall–Kier alpha value is -2.54. The van der Waals surface area contributed by atoms with E-state index in [4.69, 9.17) is 4.74 Å². The molecule has 3 rings (SSSR count). The monoisotopic (exact) mass is 372 g/mol. The standard InChI is InChI=1S/C27H32O/c1-6-19-28-25-18-17-23(26(2,3)21-13-9-7-10-14-21)20-24(25)27(4,5)22-15-11-8-12-16-22/h7-18,20H,6,19H2,1-5H3. The van der Waals surface area contributed by atoms with Gasteiger partial charge in [-0.1, -0.05) is 107 Å². The van der Waals surface area contributed by atoms with Crippen molar-refractivity contribution in [1.82, 2.24) is 0 Å². The molecule has 1 nitrogen and oxygen atoms in total. The van der Waals surface area contributed by atoms with Crippen molar-refractivity contribution in [2.24, 2.45) is 0 Å². The summed E-state index contributed by atoms with van der Waals surface area (Å²) < 4.78 is 6.17. The molecule has 0 saturated heterocycles. The fourth-order valence-electron chi connectivity index (χ4n) is 3.78. The first-order valence-electron chi connectivity index (χ1n) is 10.3. The molecule has 0 radical (unpaired) electrons. The van der Waals surface area contributed by atoms with Crippen LogP contribution in [0.1, 0.15) is 63.3 Å². The van der Waals surface area contributed by atoms with E-state index < -0.39 is 0 Å². The first-order chi connectivity index (χ1) is 13.4. The Bertz CT molecular complexity index is 892. The molecule has 0 heterocycles. The molecule has 0 bridgehead atoms. The molecule has 28 heavy (non-hydrogen) atoms. The summed E-state index contributed by atoms with van der Waals surface area (Å²) in [5.41, 5.74) is 4.95. The van der Waals surface area contributed by atoms with Crippen molar-refractivity contribution in [1.29, 1.82) is 0 Å². The highest BCUT2D eigenvalue weighted by molar-refractivity contribution is 5.51. The van der Waals surface area contributed by atoms with Gasteiger partial charge in [-0.15, -0.1) is 0 Å². The molecule has 0 fully saturated rings. The Morgan fingerprint density at radius 3 is 1.71 bits per heavy atom. The Morgan fingerprint density at radius 1 is 0.643 bits per heavy atom. The van der Waals surface area contributed by atoms with Gasteiger partial charge in [0.15, 0.2) is 0 Å². The fraction of sp³-hybridized carbons (Fsp3) is 0.333. The van der Waals surface area contributed by atoms with Gasteiger partial charge in [-0.25, -0.2) is 0 Å². The van der Waals surface area contributed by atoms with Crippen LogP contribution in [-0.4, -0.2) is 6.61 Å². The molecule has 0 aliphatic carbocycles. The molecule has 146 valence electrons. The molecule has 1 heteroatoms. The summed E-state index contributed by atoms with van der Waals surface area (Å²) in [5.74, 6) is 0.989. The van der Waals surface area contributed by atoms with Gasteiger partial charge in [0.05, 0.1) is 6.61 Å². The van der Waals surface area contributed by atoms with E-state index in [0.717, 1.165) is 18.8 Å². The van der Waals surface area contributed by atoms with E-state index in [1.165, 1.54) is 22.3 Å².